The molecular formula is C30H31N7O4S. The Morgan fingerprint density at radius 3 is 2.64 bits per heavy atom. The lowest BCUT2D eigenvalue weighted by Gasteiger charge is -2.26. The fraction of sp³-hybridized carbons (Fsp3) is 0.333. The van der Waals surface area contributed by atoms with E-state index in [1.807, 2.05) is 55.6 Å². The van der Waals surface area contributed by atoms with Gasteiger partial charge in [0.05, 0.1) is 18.7 Å². The predicted octanol–water partition coefficient (Wildman–Crippen LogP) is 4.98. The molecule has 2 amide bonds. The lowest BCUT2D eigenvalue weighted by molar-refractivity contribution is 0.0320. The van der Waals surface area contributed by atoms with Gasteiger partial charge in [-0.15, -0.1) is 0 Å². The van der Waals surface area contributed by atoms with Crippen molar-refractivity contribution in [1.82, 2.24) is 24.4 Å². The number of amides is 2. The van der Waals surface area contributed by atoms with E-state index in [-0.39, 0.29) is 5.41 Å². The minimum Gasteiger partial charge on any atom is -0.476 e. The zero-order valence-corrected chi connectivity index (χ0v) is 24.5. The quantitative estimate of drug-likeness (QED) is 0.268. The van der Waals surface area contributed by atoms with Crippen molar-refractivity contribution in [3.05, 3.63) is 65.7 Å². The molecule has 4 aromatic heterocycles. The molecule has 0 saturated carbocycles. The molecule has 0 atom stereocenters. The van der Waals surface area contributed by atoms with E-state index in [1.165, 1.54) is 11.3 Å². The van der Waals surface area contributed by atoms with Crippen LogP contribution in [0.15, 0.2) is 53.2 Å². The Labute approximate surface area is 246 Å². The first-order valence-corrected chi connectivity index (χ1v) is 14.5. The van der Waals surface area contributed by atoms with Crippen molar-refractivity contribution in [2.24, 2.45) is 0 Å². The summed E-state index contributed by atoms with van der Waals surface area (Å²) in [5.41, 5.74) is 2.86. The number of hydrogen-bond donors (Lipinski definition) is 2. The number of morpholine rings is 1. The van der Waals surface area contributed by atoms with Crippen molar-refractivity contribution >= 4 is 44.2 Å². The summed E-state index contributed by atoms with van der Waals surface area (Å²) in [6.45, 7) is 10.9. The van der Waals surface area contributed by atoms with E-state index < -0.39 is 6.03 Å². The van der Waals surface area contributed by atoms with E-state index in [9.17, 15) is 4.79 Å². The van der Waals surface area contributed by atoms with Crippen molar-refractivity contribution in [3.63, 3.8) is 0 Å². The number of carbonyl (C=O) groups excluding carboxylic acids is 1. The van der Waals surface area contributed by atoms with Gasteiger partial charge in [0.25, 0.3) is 0 Å². The highest BCUT2D eigenvalue weighted by molar-refractivity contribution is 7.23. The minimum atomic E-state index is -0.408. The Morgan fingerprint density at radius 2 is 1.88 bits per heavy atom. The summed E-state index contributed by atoms with van der Waals surface area (Å²) in [7, 11) is 0. The number of imidazole rings is 1. The second kappa shape index (κ2) is 11.8. The van der Waals surface area contributed by atoms with E-state index in [1.54, 1.807) is 18.2 Å². The molecule has 11 nitrogen and oxygen atoms in total. The van der Waals surface area contributed by atoms with Crippen LogP contribution in [0.2, 0.25) is 0 Å². The molecule has 0 unspecified atom stereocenters. The van der Waals surface area contributed by atoms with Crippen LogP contribution >= 0.6 is 11.3 Å². The Morgan fingerprint density at radius 1 is 1.07 bits per heavy atom. The Hall–Kier alpha value is -4.44. The van der Waals surface area contributed by atoms with Crippen LogP contribution in [0, 0.1) is 11.8 Å². The highest BCUT2D eigenvalue weighted by Crippen LogP contribution is 2.27. The van der Waals surface area contributed by atoms with Gasteiger partial charge >= 0.3 is 6.03 Å². The Kier molecular flexibility index (Phi) is 7.80. The van der Waals surface area contributed by atoms with E-state index in [4.69, 9.17) is 14.0 Å². The molecule has 1 aliphatic rings. The van der Waals surface area contributed by atoms with Gasteiger partial charge in [0, 0.05) is 54.6 Å². The third-order valence-corrected chi connectivity index (χ3v) is 7.63. The summed E-state index contributed by atoms with van der Waals surface area (Å²) in [5.74, 6) is 7.93. The SMILES string of the molecule is CC(C)(C)c1cc(NC(=O)Nc2ccc(C#Cc3cn4c(n3)sc3nc(OCCN5CCOCC5)ccc34)cc2)no1. The van der Waals surface area contributed by atoms with Gasteiger partial charge in [-0.05, 0) is 36.3 Å². The van der Waals surface area contributed by atoms with Crippen LogP contribution in [0.1, 0.15) is 37.8 Å². The molecule has 42 heavy (non-hydrogen) atoms. The van der Waals surface area contributed by atoms with Crippen molar-refractivity contribution < 1.29 is 18.8 Å². The lowest BCUT2D eigenvalue weighted by atomic mass is 9.93. The molecule has 2 N–H and O–H groups in total. The third kappa shape index (κ3) is 6.54. The number of anilines is 2. The maximum atomic E-state index is 12.4. The number of nitrogens with zero attached hydrogens (tertiary/aromatic N) is 5. The summed E-state index contributed by atoms with van der Waals surface area (Å²) in [6, 6.07) is 12.5. The zero-order valence-electron chi connectivity index (χ0n) is 23.6. The van der Waals surface area contributed by atoms with Gasteiger partial charge in [-0.2, -0.15) is 0 Å². The normalized spacial score (nSPS) is 14.1. The fourth-order valence-corrected chi connectivity index (χ4v) is 5.33. The summed E-state index contributed by atoms with van der Waals surface area (Å²) in [5, 5.41) is 9.37. The molecule has 0 spiro atoms. The summed E-state index contributed by atoms with van der Waals surface area (Å²) in [4.78, 5) is 25.7. The second-order valence-corrected chi connectivity index (χ2v) is 11.8. The second-order valence-electron chi connectivity index (χ2n) is 10.9. The number of rotatable bonds is 6. The van der Waals surface area contributed by atoms with Gasteiger partial charge in [-0.1, -0.05) is 43.2 Å². The maximum Gasteiger partial charge on any atom is 0.324 e. The van der Waals surface area contributed by atoms with Gasteiger partial charge in [0.15, 0.2) is 10.8 Å². The molecule has 6 rings (SSSR count). The number of carbonyl (C=O) groups is 1. The van der Waals surface area contributed by atoms with Gasteiger partial charge < -0.3 is 19.3 Å². The van der Waals surface area contributed by atoms with E-state index >= 15 is 0 Å². The minimum absolute atomic E-state index is 0.194. The molecule has 5 aromatic rings. The molecule has 1 aromatic carbocycles. The standard InChI is InChI=1S/C30H31N7O4S/c1-30(2,3)24-18-25(35-41-24)33-28(38)31-21-7-4-20(5-8-21)6-9-22-19-37-23-10-11-26(34-27(23)42-29(37)32-22)40-17-14-36-12-15-39-16-13-36/h4-5,7-8,10-11,18-19H,12-17H2,1-3H3,(H2,31,33,35,38). The van der Waals surface area contributed by atoms with Gasteiger partial charge in [0.2, 0.25) is 5.88 Å². The summed E-state index contributed by atoms with van der Waals surface area (Å²) < 4.78 is 18.6. The Balaban J connectivity index is 1.05. The topological polar surface area (TPSA) is 119 Å². The van der Waals surface area contributed by atoms with Crippen LogP contribution in [0.3, 0.4) is 0 Å². The van der Waals surface area contributed by atoms with E-state index in [0.717, 1.165) is 53.7 Å². The number of benzene rings is 1. The molecule has 1 aliphatic heterocycles. The maximum absolute atomic E-state index is 12.4. The number of urea groups is 1. The number of ether oxygens (including phenoxy) is 2. The third-order valence-electron chi connectivity index (χ3n) is 6.67. The molecule has 0 radical (unpaired) electrons. The molecular weight excluding hydrogens is 554 g/mol. The molecule has 1 fully saturated rings. The van der Waals surface area contributed by atoms with Crippen molar-refractivity contribution in [1.29, 1.82) is 0 Å². The van der Waals surface area contributed by atoms with Crippen LogP contribution in [-0.4, -0.2) is 69.9 Å². The molecule has 12 heteroatoms. The van der Waals surface area contributed by atoms with E-state index in [0.29, 0.717) is 35.4 Å². The number of hydrogen-bond acceptors (Lipinski definition) is 9. The van der Waals surface area contributed by atoms with Crippen molar-refractivity contribution in [2.45, 2.75) is 26.2 Å². The van der Waals surface area contributed by atoms with Crippen LogP contribution < -0.4 is 15.4 Å². The molecule has 5 heterocycles. The van der Waals surface area contributed by atoms with Crippen molar-refractivity contribution in [3.8, 4) is 17.7 Å². The summed E-state index contributed by atoms with van der Waals surface area (Å²) >= 11 is 1.50. The average Bonchev–Trinajstić information content (AvgIpc) is 3.68. The van der Waals surface area contributed by atoms with Crippen LogP contribution in [0.4, 0.5) is 16.3 Å². The van der Waals surface area contributed by atoms with Gasteiger partial charge in [-0.25, -0.2) is 14.8 Å². The lowest BCUT2D eigenvalue weighted by Crippen LogP contribution is -2.38. The molecule has 1 saturated heterocycles. The largest absolute Gasteiger partial charge is 0.476 e. The van der Waals surface area contributed by atoms with Crippen LogP contribution in [-0.2, 0) is 10.2 Å². The van der Waals surface area contributed by atoms with Crippen LogP contribution in [0.5, 0.6) is 5.88 Å². The molecule has 216 valence electrons. The predicted molar refractivity (Wildman–Crippen MR) is 161 cm³/mol. The van der Waals surface area contributed by atoms with Crippen molar-refractivity contribution in [2.75, 3.05) is 50.1 Å². The zero-order chi connectivity index (χ0) is 29.1. The van der Waals surface area contributed by atoms with Gasteiger partial charge in [-0.3, -0.25) is 14.6 Å². The molecule has 0 bridgehead atoms. The monoisotopic (exact) mass is 585 g/mol. The van der Waals surface area contributed by atoms with E-state index in [2.05, 4.69) is 42.5 Å². The first-order chi connectivity index (χ1) is 20.3. The molecule has 0 aliphatic carbocycles. The first kappa shape index (κ1) is 27.7. The van der Waals surface area contributed by atoms with Gasteiger partial charge in [0.1, 0.15) is 22.9 Å². The smallest absolute Gasteiger partial charge is 0.324 e. The Bertz CT molecular complexity index is 1770. The van der Waals surface area contributed by atoms with Crippen LogP contribution in [0.25, 0.3) is 15.3 Å². The highest BCUT2D eigenvalue weighted by Gasteiger charge is 2.20. The fourth-order valence-electron chi connectivity index (χ4n) is 4.35. The summed E-state index contributed by atoms with van der Waals surface area (Å²) in [6.07, 6.45) is 1.91. The average molecular weight is 586 g/mol. The number of pyridine rings is 1. The number of fused-ring (bicyclic) bond motifs is 3. The number of nitrogens with one attached hydrogen (secondary N) is 2. The highest BCUT2D eigenvalue weighted by atomic mass is 32.1. The first-order valence-electron chi connectivity index (χ1n) is 13.7. The number of thiazole rings is 1. The number of aromatic nitrogens is 4.